The summed E-state index contributed by atoms with van der Waals surface area (Å²) in [6, 6.07) is 8.26. The number of rotatable bonds is 2. The molecule has 0 amide bonds. The lowest BCUT2D eigenvalue weighted by Crippen LogP contribution is -2.29. The standard InChI is InChI=1S/C10H13BrN2/c11-8-3-1-4-9(7-8)13-10-5-2-6-12-10/h1,3-4,7,10,12-13H,2,5-6H2. The molecule has 0 aliphatic carbocycles. The first-order valence-corrected chi connectivity index (χ1v) is 5.39. The average molecular weight is 241 g/mol. The van der Waals surface area contributed by atoms with Crippen molar-refractivity contribution in [3.63, 3.8) is 0 Å². The predicted molar refractivity (Wildman–Crippen MR) is 58.8 cm³/mol. The first-order chi connectivity index (χ1) is 6.34. The third kappa shape index (κ3) is 2.45. The van der Waals surface area contributed by atoms with E-state index in [1.54, 1.807) is 0 Å². The van der Waals surface area contributed by atoms with Gasteiger partial charge >= 0.3 is 0 Å². The molecule has 1 aromatic rings. The number of anilines is 1. The van der Waals surface area contributed by atoms with E-state index in [-0.39, 0.29) is 0 Å². The Morgan fingerprint density at radius 2 is 2.38 bits per heavy atom. The minimum absolute atomic E-state index is 0.453. The third-order valence-corrected chi connectivity index (χ3v) is 2.72. The van der Waals surface area contributed by atoms with E-state index in [2.05, 4.69) is 38.7 Å². The molecular weight excluding hydrogens is 228 g/mol. The van der Waals surface area contributed by atoms with Crippen LogP contribution >= 0.6 is 15.9 Å². The highest BCUT2D eigenvalue weighted by molar-refractivity contribution is 9.10. The molecule has 1 aliphatic heterocycles. The van der Waals surface area contributed by atoms with E-state index in [1.165, 1.54) is 18.5 Å². The van der Waals surface area contributed by atoms with E-state index in [1.807, 2.05) is 12.1 Å². The quantitative estimate of drug-likeness (QED) is 0.831. The normalized spacial score (nSPS) is 21.8. The number of nitrogens with one attached hydrogen (secondary N) is 2. The molecule has 13 heavy (non-hydrogen) atoms. The Kier molecular flexibility index (Phi) is 2.86. The fourth-order valence-electron chi connectivity index (χ4n) is 1.59. The fourth-order valence-corrected chi connectivity index (χ4v) is 1.99. The van der Waals surface area contributed by atoms with Gasteiger partial charge in [-0.05, 0) is 37.6 Å². The third-order valence-electron chi connectivity index (χ3n) is 2.23. The number of halogens is 1. The van der Waals surface area contributed by atoms with E-state index in [9.17, 15) is 0 Å². The summed E-state index contributed by atoms with van der Waals surface area (Å²) in [5.74, 6) is 0. The molecule has 1 atom stereocenters. The Bertz CT molecular complexity index is 282. The van der Waals surface area contributed by atoms with Gasteiger partial charge in [0.2, 0.25) is 0 Å². The molecular formula is C10H13BrN2. The van der Waals surface area contributed by atoms with Crippen LogP contribution in [0.3, 0.4) is 0 Å². The summed E-state index contributed by atoms with van der Waals surface area (Å²) in [6.45, 7) is 1.13. The van der Waals surface area contributed by atoms with Crippen molar-refractivity contribution in [2.24, 2.45) is 0 Å². The van der Waals surface area contributed by atoms with Crippen LogP contribution in [-0.2, 0) is 0 Å². The van der Waals surface area contributed by atoms with Crippen molar-refractivity contribution < 1.29 is 0 Å². The topological polar surface area (TPSA) is 24.1 Å². The van der Waals surface area contributed by atoms with Crippen molar-refractivity contribution in [3.8, 4) is 0 Å². The van der Waals surface area contributed by atoms with Crippen LogP contribution in [0.25, 0.3) is 0 Å². The van der Waals surface area contributed by atoms with Crippen LogP contribution in [0.2, 0.25) is 0 Å². The maximum Gasteiger partial charge on any atom is 0.0768 e. The molecule has 1 unspecified atom stereocenters. The molecule has 0 bridgehead atoms. The second-order valence-corrected chi connectivity index (χ2v) is 4.22. The van der Waals surface area contributed by atoms with Gasteiger partial charge in [0.25, 0.3) is 0 Å². The van der Waals surface area contributed by atoms with Gasteiger partial charge in [-0.3, -0.25) is 5.32 Å². The molecule has 2 rings (SSSR count). The zero-order valence-electron chi connectivity index (χ0n) is 7.39. The molecule has 2 N–H and O–H groups in total. The highest BCUT2D eigenvalue weighted by atomic mass is 79.9. The summed E-state index contributed by atoms with van der Waals surface area (Å²) in [6.07, 6.45) is 2.94. The Hall–Kier alpha value is -0.540. The molecule has 1 saturated heterocycles. The molecule has 0 spiro atoms. The summed E-state index contributed by atoms with van der Waals surface area (Å²) in [4.78, 5) is 0. The van der Waals surface area contributed by atoms with E-state index in [0.717, 1.165) is 11.0 Å². The first-order valence-electron chi connectivity index (χ1n) is 4.60. The second-order valence-electron chi connectivity index (χ2n) is 3.30. The van der Waals surface area contributed by atoms with Crippen molar-refractivity contribution in [3.05, 3.63) is 28.7 Å². The summed E-state index contributed by atoms with van der Waals surface area (Å²) in [5, 5.41) is 6.84. The van der Waals surface area contributed by atoms with Gasteiger partial charge in [-0.1, -0.05) is 22.0 Å². The Labute approximate surface area is 86.9 Å². The van der Waals surface area contributed by atoms with Crippen LogP contribution in [0.15, 0.2) is 28.7 Å². The number of hydrogen-bond donors (Lipinski definition) is 2. The van der Waals surface area contributed by atoms with E-state index >= 15 is 0 Å². The lowest BCUT2D eigenvalue weighted by atomic mass is 10.3. The molecule has 0 radical (unpaired) electrons. The lowest BCUT2D eigenvalue weighted by Gasteiger charge is -2.13. The zero-order valence-corrected chi connectivity index (χ0v) is 8.97. The highest BCUT2D eigenvalue weighted by Gasteiger charge is 2.12. The van der Waals surface area contributed by atoms with Gasteiger partial charge in [0.05, 0.1) is 6.17 Å². The molecule has 1 aromatic carbocycles. The fraction of sp³-hybridized carbons (Fsp3) is 0.400. The van der Waals surface area contributed by atoms with Gasteiger partial charge in [-0.15, -0.1) is 0 Å². The minimum Gasteiger partial charge on any atom is -0.370 e. The van der Waals surface area contributed by atoms with E-state index in [4.69, 9.17) is 0 Å². The van der Waals surface area contributed by atoms with Crippen molar-refractivity contribution in [1.29, 1.82) is 0 Å². The molecule has 0 saturated carbocycles. The maximum absolute atomic E-state index is 3.45. The second kappa shape index (κ2) is 4.11. The first kappa shape index (κ1) is 9.03. The summed E-state index contributed by atoms with van der Waals surface area (Å²) in [5.41, 5.74) is 1.17. The molecule has 3 heteroatoms. The molecule has 0 aromatic heterocycles. The van der Waals surface area contributed by atoms with E-state index < -0.39 is 0 Å². The van der Waals surface area contributed by atoms with Gasteiger partial charge in [0, 0.05) is 10.2 Å². The summed E-state index contributed by atoms with van der Waals surface area (Å²) >= 11 is 3.45. The van der Waals surface area contributed by atoms with Gasteiger partial charge in [-0.25, -0.2) is 0 Å². The van der Waals surface area contributed by atoms with Gasteiger partial charge in [0.15, 0.2) is 0 Å². The van der Waals surface area contributed by atoms with Crippen molar-refractivity contribution in [2.75, 3.05) is 11.9 Å². The van der Waals surface area contributed by atoms with Crippen LogP contribution in [0.1, 0.15) is 12.8 Å². The van der Waals surface area contributed by atoms with Crippen molar-refractivity contribution in [2.45, 2.75) is 19.0 Å². The zero-order chi connectivity index (χ0) is 9.10. The summed E-state index contributed by atoms with van der Waals surface area (Å²) in [7, 11) is 0. The van der Waals surface area contributed by atoms with Crippen LogP contribution in [0, 0.1) is 0 Å². The maximum atomic E-state index is 3.45. The molecule has 1 fully saturated rings. The van der Waals surface area contributed by atoms with Crippen LogP contribution in [-0.4, -0.2) is 12.7 Å². The molecule has 2 nitrogen and oxygen atoms in total. The predicted octanol–water partition coefficient (Wildman–Crippen LogP) is 2.57. The molecule has 70 valence electrons. The van der Waals surface area contributed by atoms with E-state index in [0.29, 0.717) is 6.17 Å². The lowest BCUT2D eigenvalue weighted by molar-refractivity contribution is 0.679. The Balaban J connectivity index is 2.00. The smallest absolute Gasteiger partial charge is 0.0768 e. The largest absolute Gasteiger partial charge is 0.370 e. The summed E-state index contributed by atoms with van der Waals surface area (Å²) < 4.78 is 1.12. The SMILES string of the molecule is Brc1cccc(NC2CCCN2)c1. The van der Waals surface area contributed by atoms with Gasteiger partial charge in [0.1, 0.15) is 0 Å². The van der Waals surface area contributed by atoms with Gasteiger partial charge < -0.3 is 5.32 Å². The minimum atomic E-state index is 0.453. The van der Waals surface area contributed by atoms with Crippen LogP contribution in [0.5, 0.6) is 0 Å². The van der Waals surface area contributed by atoms with Crippen LogP contribution < -0.4 is 10.6 Å². The van der Waals surface area contributed by atoms with Gasteiger partial charge in [-0.2, -0.15) is 0 Å². The Morgan fingerprint density at radius 1 is 1.46 bits per heavy atom. The van der Waals surface area contributed by atoms with Crippen molar-refractivity contribution >= 4 is 21.6 Å². The van der Waals surface area contributed by atoms with Crippen molar-refractivity contribution in [1.82, 2.24) is 5.32 Å². The number of hydrogen-bond acceptors (Lipinski definition) is 2. The molecule has 1 aliphatic rings. The van der Waals surface area contributed by atoms with Crippen LogP contribution in [0.4, 0.5) is 5.69 Å². The highest BCUT2D eigenvalue weighted by Crippen LogP contribution is 2.17. The number of benzene rings is 1. The molecule has 1 heterocycles. The monoisotopic (exact) mass is 240 g/mol. The Morgan fingerprint density at radius 3 is 3.08 bits per heavy atom. The average Bonchev–Trinajstić information content (AvgIpc) is 2.57.